The van der Waals surface area contributed by atoms with Crippen molar-refractivity contribution in [3.05, 3.63) is 29.8 Å². The van der Waals surface area contributed by atoms with Crippen LogP contribution in [-0.2, 0) is 14.6 Å². The van der Waals surface area contributed by atoms with Crippen molar-refractivity contribution >= 4 is 21.7 Å². The van der Waals surface area contributed by atoms with Crippen molar-refractivity contribution in [2.24, 2.45) is 0 Å². The highest BCUT2D eigenvalue weighted by molar-refractivity contribution is 7.90. The molecule has 0 spiro atoms. The van der Waals surface area contributed by atoms with Gasteiger partial charge in [0.2, 0.25) is 5.91 Å². The minimum atomic E-state index is -3.23. The van der Waals surface area contributed by atoms with E-state index in [2.05, 4.69) is 10.6 Å². The summed E-state index contributed by atoms with van der Waals surface area (Å²) in [6, 6.07) is 5.87. The minimum Gasteiger partial charge on any atom is -0.496 e. The van der Waals surface area contributed by atoms with Gasteiger partial charge in [-0.05, 0) is 31.4 Å². The van der Waals surface area contributed by atoms with Crippen molar-refractivity contribution in [1.29, 1.82) is 0 Å². The highest BCUT2D eigenvalue weighted by atomic mass is 32.2. The lowest BCUT2D eigenvalue weighted by atomic mass is 10.1. The van der Waals surface area contributed by atoms with Gasteiger partial charge in [-0.15, -0.1) is 0 Å². The summed E-state index contributed by atoms with van der Waals surface area (Å²) in [6.07, 6.45) is 2.94. The first-order valence-electron chi connectivity index (χ1n) is 7.72. The van der Waals surface area contributed by atoms with Gasteiger partial charge >= 0.3 is 0 Å². The van der Waals surface area contributed by atoms with Crippen LogP contribution in [0, 0.1) is 0 Å². The fourth-order valence-corrected chi connectivity index (χ4v) is 2.86. The predicted octanol–water partition coefficient (Wildman–Crippen LogP) is 0.507. The molecule has 24 heavy (non-hydrogen) atoms. The van der Waals surface area contributed by atoms with Crippen molar-refractivity contribution in [1.82, 2.24) is 10.6 Å². The Hall–Kier alpha value is -2.09. The molecule has 0 aromatic heterocycles. The third-order valence-corrected chi connectivity index (χ3v) is 4.65. The molecule has 2 N–H and O–H groups in total. The number of rotatable bonds is 8. The van der Waals surface area contributed by atoms with Gasteiger partial charge in [-0.25, -0.2) is 8.42 Å². The topological polar surface area (TPSA) is 102 Å². The molecule has 1 fully saturated rings. The Balaban J connectivity index is 2.10. The Morgan fingerprint density at radius 2 is 1.96 bits per heavy atom. The van der Waals surface area contributed by atoms with E-state index in [-0.39, 0.29) is 24.1 Å². The van der Waals surface area contributed by atoms with Gasteiger partial charge in [-0.2, -0.15) is 0 Å². The molecule has 8 heteroatoms. The maximum absolute atomic E-state index is 12.4. The first-order valence-corrected chi connectivity index (χ1v) is 9.78. The molecular formula is C16H22N2O5S. The van der Waals surface area contributed by atoms with Crippen molar-refractivity contribution in [2.45, 2.75) is 31.3 Å². The lowest BCUT2D eigenvalue weighted by Crippen LogP contribution is -2.48. The third kappa shape index (κ3) is 5.52. The zero-order valence-electron chi connectivity index (χ0n) is 13.7. The van der Waals surface area contributed by atoms with Crippen LogP contribution < -0.4 is 15.4 Å². The predicted molar refractivity (Wildman–Crippen MR) is 89.7 cm³/mol. The molecule has 0 aliphatic heterocycles. The normalized spacial score (nSPS) is 15.4. The van der Waals surface area contributed by atoms with Gasteiger partial charge in [-0.3, -0.25) is 9.59 Å². The summed E-state index contributed by atoms with van der Waals surface area (Å²) in [5.74, 6) is -0.622. The Labute approximate surface area is 141 Å². The van der Waals surface area contributed by atoms with Crippen LogP contribution in [0.15, 0.2) is 24.3 Å². The van der Waals surface area contributed by atoms with Crippen LogP contribution in [0.1, 0.15) is 29.6 Å². The molecule has 1 aromatic carbocycles. The minimum absolute atomic E-state index is 0.0261. The van der Waals surface area contributed by atoms with Crippen LogP contribution >= 0.6 is 0 Å². The van der Waals surface area contributed by atoms with Crippen LogP contribution in [0.25, 0.3) is 0 Å². The zero-order chi connectivity index (χ0) is 17.7. The number of benzene rings is 1. The summed E-state index contributed by atoms with van der Waals surface area (Å²) in [6.45, 7) is 0. The zero-order valence-corrected chi connectivity index (χ0v) is 14.6. The Kier molecular flexibility index (Phi) is 5.82. The summed E-state index contributed by atoms with van der Waals surface area (Å²) in [5, 5.41) is 5.41. The highest BCUT2D eigenvalue weighted by Crippen LogP contribution is 2.20. The molecule has 0 heterocycles. The second kappa shape index (κ2) is 7.65. The van der Waals surface area contributed by atoms with E-state index in [4.69, 9.17) is 4.74 Å². The SMILES string of the molecule is COc1ccccc1C(=O)N[C@H](CCS(C)(=O)=O)C(=O)NC1CC1. The maximum atomic E-state index is 12.4. The van der Waals surface area contributed by atoms with Crippen molar-refractivity contribution in [3.8, 4) is 5.75 Å². The number of hydrogen-bond donors (Lipinski definition) is 2. The van der Waals surface area contributed by atoms with Crippen molar-refractivity contribution in [3.63, 3.8) is 0 Å². The van der Waals surface area contributed by atoms with E-state index in [9.17, 15) is 18.0 Å². The van der Waals surface area contributed by atoms with Crippen LogP contribution in [-0.4, -0.2) is 51.4 Å². The van der Waals surface area contributed by atoms with Gasteiger partial charge in [-0.1, -0.05) is 12.1 Å². The van der Waals surface area contributed by atoms with Crippen LogP contribution in [0.4, 0.5) is 0 Å². The molecule has 0 unspecified atom stereocenters. The summed E-state index contributed by atoms with van der Waals surface area (Å²) in [5.41, 5.74) is 0.295. The lowest BCUT2D eigenvalue weighted by Gasteiger charge is -2.19. The second-order valence-electron chi connectivity index (χ2n) is 5.93. The summed E-state index contributed by atoms with van der Waals surface area (Å²) >= 11 is 0. The molecule has 1 aliphatic rings. The lowest BCUT2D eigenvalue weighted by molar-refractivity contribution is -0.123. The third-order valence-electron chi connectivity index (χ3n) is 3.67. The second-order valence-corrected chi connectivity index (χ2v) is 8.19. The number of carbonyl (C=O) groups is 2. The van der Waals surface area contributed by atoms with Gasteiger partial charge in [0.15, 0.2) is 0 Å². The highest BCUT2D eigenvalue weighted by Gasteiger charge is 2.29. The van der Waals surface area contributed by atoms with Gasteiger partial charge in [0.1, 0.15) is 21.6 Å². The molecule has 132 valence electrons. The van der Waals surface area contributed by atoms with E-state index < -0.39 is 21.8 Å². The smallest absolute Gasteiger partial charge is 0.255 e. The molecule has 2 rings (SSSR count). The van der Waals surface area contributed by atoms with E-state index in [0.717, 1.165) is 19.1 Å². The number of sulfone groups is 1. The number of para-hydroxylation sites is 1. The average molecular weight is 354 g/mol. The average Bonchev–Trinajstić information content (AvgIpc) is 3.34. The van der Waals surface area contributed by atoms with E-state index in [1.54, 1.807) is 24.3 Å². The summed E-state index contributed by atoms with van der Waals surface area (Å²) < 4.78 is 27.9. The van der Waals surface area contributed by atoms with E-state index >= 15 is 0 Å². The molecule has 1 aliphatic carbocycles. The molecule has 0 saturated heterocycles. The fraction of sp³-hybridized carbons (Fsp3) is 0.500. The first-order chi connectivity index (χ1) is 11.3. The molecule has 1 aromatic rings. The van der Waals surface area contributed by atoms with Crippen LogP contribution in [0.5, 0.6) is 5.75 Å². The molecule has 0 radical (unpaired) electrons. The van der Waals surface area contributed by atoms with Crippen LogP contribution in [0.2, 0.25) is 0 Å². The van der Waals surface area contributed by atoms with E-state index in [1.165, 1.54) is 7.11 Å². The monoisotopic (exact) mass is 354 g/mol. The standard InChI is InChI=1S/C16H22N2O5S/c1-23-14-6-4-3-5-12(14)15(19)18-13(9-10-24(2,21)22)16(20)17-11-7-8-11/h3-6,11,13H,7-10H2,1-2H3,(H,17,20)(H,18,19)/t13-/m1/s1. The molecule has 2 amide bonds. The summed E-state index contributed by atoms with van der Waals surface area (Å²) in [7, 11) is -1.78. The van der Waals surface area contributed by atoms with Gasteiger partial charge in [0.05, 0.1) is 18.4 Å². The quantitative estimate of drug-likeness (QED) is 0.708. The van der Waals surface area contributed by atoms with Crippen molar-refractivity contribution < 1.29 is 22.7 Å². The molecule has 0 bridgehead atoms. The van der Waals surface area contributed by atoms with Gasteiger partial charge < -0.3 is 15.4 Å². The van der Waals surface area contributed by atoms with E-state index in [1.807, 2.05) is 0 Å². The summed E-state index contributed by atoms with van der Waals surface area (Å²) in [4.78, 5) is 24.7. The molecular weight excluding hydrogens is 332 g/mol. The molecule has 1 saturated carbocycles. The molecule has 1 atom stereocenters. The Morgan fingerprint density at radius 3 is 2.54 bits per heavy atom. The number of nitrogens with one attached hydrogen (secondary N) is 2. The van der Waals surface area contributed by atoms with Gasteiger partial charge in [0.25, 0.3) is 5.91 Å². The first kappa shape index (κ1) is 18.3. The maximum Gasteiger partial charge on any atom is 0.255 e. The number of carbonyl (C=O) groups excluding carboxylic acids is 2. The number of hydrogen-bond acceptors (Lipinski definition) is 5. The number of amides is 2. The molecule has 7 nitrogen and oxygen atoms in total. The Morgan fingerprint density at radius 1 is 1.29 bits per heavy atom. The van der Waals surface area contributed by atoms with Gasteiger partial charge in [0, 0.05) is 12.3 Å². The number of ether oxygens (including phenoxy) is 1. The Bertz CT molecular complexity index is 713. The van der Waals surface area contributed by atoms with Crippen molar-refractivity contribution in [2.75, 3.05) is 19.1 Å². The largest absolute Gasteiger partial charge is 0.496 e. The fourth-order valence-electron chi connectivity index (χ4n) is 2.20. The van der Waals surface area contributed by atoms with Crippen LogP contribution in [0.3, 0.4) is 0 Å². The van der Waals surface area contributed by atoms with E-state index in [0.29, 0.717) is 11.3 Å². The number of methoxy groups -OCH3 is 1.